The van der Waals surface area contributed by atoms with E-state index < -0.39 is 10.0 Å². The van der Waals surface area contributed by atoms with Crippen LogP contribution < -0.4 is 5.73 Å². The van der Waals surface area contributed by atoms with Gasteiger partial charge in [0.2, 0.25) is 10.0 Å². The Bertz CT molecular complexity index is 362. The molecule has 0 atom stereocenters. The first-order valence-corrected chi connectivity index (χ1v) is 9.60. The topological polar surface area (TPSA) is 75.9 Å². The molecule has 126 valence electrons. The lowest BCUT2D eigenvalue weighted by atomic mass is 10.2. The van der Waals surface area contributed by atoms with Gasteiger partial charge < -0.3 is 15.4 Å². The molecule has 0 aliphatic carbocycles. The standard InChI is InChI=1S/C14H31N3O3S/c1-20-13-6-14-21(18,19)17-10-5-9-16(11-12-17)8-4-2-3-7-15/h2-15H2,1H3. The maximum absolute atomic E-state index is 12.3. The summed E-state index contributed by atoms with van der Waals surface area (Å²) in [5, 5.41) is 0. The van der Waals surface area contributed by atoms with Gasteiger partial charge in [-0.1, -0.05) is 6.42 Å². The first kappa shape index (κ1) is 18.8. The lowest BCUT2D eigenvalue weighted by Gasteiger charge is -2.21. The van der Waals surface area contributed by atoms with E-state index in [1.165, 1.54) is 0 Å². The summed E-state index contributed by atoms with van der Waals surface area (Å²) >= 11 is 0. The van der Waals surface area contributed by atoms with Crippen LogP contribution >= 0.6 is 0 Å². The molecule has 0 bridgehead atoms. The van der Waals surface area contributed by atoms with Gasteiger partial charge in [0.15, 0.2) is 0 Å². The fraction of sp³-hybridized carbons (Fsp3) is 1.00. The van der Waals surface area contributed by atoms with Crippen molar-refractivity contribution in [2.45, 2.75) is 32.1 Å². The second-order valence-electron chi connectivity index (χ2n) is 5.61. The summed E-state index contributed by atoms with van der Waals surface area (Å²) in [7, 11) is -1.52. The van der Waals surface area contributed by atoms with Crippen molar-refractivity contribution in [3.63, 3.8) is 0 Å². The SMILES string of the molecule is COCCCS(=O)(=O)N1CCCN(CCCCCN)CC1. The Morgan fingerprint density at radius 1 is 1.05 bits per heavy atom. The summed E-state index contributed by atoms with van der Waals surface area (Å²) in [5.74, 6) is 0.192. The number of sulfonamides is 1. The van der Waals surface area contributed by atoms with Crippen LogP contribution in [0.1, 0.15) is 32.1 Å². The molecule has 1 fully saturated rings. The molecule has 7 heteroatoms. The van der Waals surface area contributed by atoms with Crippen molar-refractivity contribution >= 4 is 10.0 Å². The predicted molar refractivity (Wildman–Crippen MR) is 85.8 cm³/mol. The molecule has 0 spiro atoms. The van der Waals surface area contributed by atoms with Crippen molar-refractivity contribution in [2.24, 2.45) is 5.73 Å². The molecule has 0 aromatic rings. The maximum Gasteiger partial charge on any atom is 0.214 e. The van der Waals surface area contributed by atoms with Gasteiger partial charge >= 0.3 is 0 Å². The van der Waals surface area contributed by atoms with Crippen LogP contribution in [0.4, 0.5) is 0 Å². The number of ether oxygens (including phenoxy) is 1. The third-order valence-corrected chi connectivity index (χ3v) is 5.83. The van der Waals surface area contributed by atoms with Gasteiger partial charge in [-0.05, 0) is 45.3 Å². The van der Waals surface area contributed by atoms with Crippen molar-refractivity contribution in [2.75, 3.05) is 58.7 Å². The summed E-state index contributed by atoms with van der Waals surface area (Å²) in [6, 6.07) is 0. The van der Waals surface area contributed by atoms with Gasteiger partial charge in [-0.15, -0.1) is 0 Å². The van der Waals surface area contributed by atoms with Gasteiger partial charge in [0.25, 0.3) is 0 Å². The molecule has 1 saturated heterocycles. The van der Waals surface area contributed by atoms with Gasteiger partial charge in [-0.25, -0.2) is 12.7 Å². The molecule has 0 aromatic heterocycles. The lowest BCUT2D eigenvalue weighted by molar-refractivity contribution is 0.199. The first-order valence-electron chi connectivity index (χ1n) is 7.99. The molecule has 1 aliphatic heterocycles. The minimum Gasteiger partial charge on any atom is -0.385 e. The van der Waals surface area contributed by atoms with Crippen LogP contribution in [0.25, 0.3) is 0 Å². The van der Waals surface area contributed by atoms with Crippen LogP contribution in [0.2, 0.25) is 0 Å². The zero-order chi connectivity index (χ0) is 15.6. The molecule has 0 radical (unpaired) electrons. The highest BCUT2D eigenvalue weighted by Crippen LogP contribution is 2.10. The van der Waals surface area contributed by atoms with Crippen LogP contribution in [0.15, 0.2) is 0 Å². The molecule has 1 heterocycles. The number of methoxy groups -OCH3 is 1. The van der Waals surface area contributed by atoms with E-state index in [1.54, 1.807) is 11.4 Å². The Morgan fingerprint density at radius 2 is 1.86 bits per heavy atom. The van der Waals surface area contributed by atoms with Gasteiger partial charge in [0.05, 0.1) is 5.75 Å². The second-order valence-corrected chi connectivity index (χ2v) is 7.69. The maximum atomic E-state index is 12.3. The van der Waals surface area contributed by atoms with E-state index in [-0.39, 0.29) is 5.75 Å². The normalized spacial score (nSPS) is 18.8. The summed E-state index contributed by atoms with van der Waals surface area (Å²) < 4.78 is 31.1. The molecule has 21 heavy (non-hydrogen) atoms. The van der Waals surface area contributed by atoms with Gasteiger partial charge in [0.1, 0.15) is 0 Å². The number of nitrogens with two attached hydrogens (primary N) is 1. The van der Waals surface area contributed by atoms with E-state index in [2.05, 4.69) is 4.90 Å². The molecule has 0 amide bonds. The molecule has 2 N–H and O–H groups in total. The Hall–Kier alpha value is -0.210. The minimum absolute atomic E-state index is 0.192. The molecule has 1 aliphatic rings. The predicted octanol–water partition coefficient (Wildman–Crippen LogP) is 0.489. The van der Waals surface area contributed by atoms with Crippen molar-refractivity contribution in [1.29, 1.82) is 0 Å². The Morgan fingerprint density at radius 3 is 2.57 bits per heavy atom. The van der Waals surface area contributed by atoms with Crippen LogP contribution in [0.3, 0.4) is 0 Å². The third-order valence-electron chi connectivity index (χ3n) is 3.87. The number of rotatable bonds is 10. The molecule has 0 aromatic carbocycles. The van der Waals surface area contributed by atoms with E-state index in [9.17, 15) is 8.42 Å². The number of nitrogens with zero attached hydrogens (tertiary/aromatic N) is 2. The van der Waals surface area contributed by atoms with E-state index in [1.807, 2.05) is 0 Å². The average Bonchev–Trinajstić information content (AvgIpc) is 2.70. The van der Waals surface area contributed by atoms with E-state index in [4.69, 9.17) is 10.5 Å². The number of hydrogen-bond acceptors (Lipinski definition) is 5. The highest BCUT2D eigenvalue weighted by atomic mass is 32.2. The summed E-state index contributed by atoms with van der Waals surface area (Å²) in [6.45, 7) is 5.41. The first-order chi connectivity index (χ1) is 10.1. The minimum atomic E-state index is -3.12. The van der Waals surface area contributed by atoms with Crippen LogP contribution in [0, 0.1) is 0 Å². The largest absolute Gasteiger partial charge is 0.385 e. The molecular weight excluding hydrogens is 290 g/mol. The second kappa shape index (κ2) is 10.5. The van der Waals surface area contributed by atoms with Crippen molar-refractivity contribution in [1.82, 2.24) is 9.21 Å². The molecule has 1 rings (SSSR count). The Balaban J connectivity index is 2.34. The zero-order valence-electron chi connectivity index (χ0n) is 13.3. The van der Waals surface area contributed by atoms with Crippen LogP contribution in [0.5, 0.6) is 0 Å². The van der Waals surface area contributed by atoms with Crippen LogP contribution in [-0.2, 0) is 14.8 Å². The fourth-order valence-corrected chi connectivity index (χ4v) is 4.13. The van der Waals surface area contributed by atoms with Crippen molar-refractivity contribution < 1.29 is 13.2 Å². The van der Waals surface area contributed by atoms with Gasteiger partial charge in [0, 0.05) is 33.4 Å². The Labute approximate surface area is 129 Å². The smallest absolute Gasteiger partial charge is 0.214 e. The quantitative estimate of drug-likeness (QED) is 0.593. The van der Waals surface area contributed by atoms with E-state index >= 15 is 0 Å². The van der Waals surface area contributed by atoms with Crippen LogP contribution in [-0.4, -0.2) is 76.4 Å². The van der Waals surface area contributed by atoms with E-state index in [0.717, 1.165) is 51.9 Å². The Kier molecular flexibility index (Phi) is 9.42. The third kappa shape index (κ3) is 7.56. The number of hydrogen-bond donors (Lipinski definition) is 1. The molecule has 0 saturated carbocycles. The highest BCUT2D eigenvalue weighted by Gasteiger charge is 2.24. The molecular formula is C14H31N3O3S. The lowest BCUT2D eigenvalue weighted by Crippen LogP contribution is -2.37. The van der Waals surface area contributed by atoms with E-state index in [0.29, 0.717) is 26.1 Å². The molecule has 0 unspecified atom stereocenters. The fourth-order valence-electron chi connectivity index (χ4n) is 2.62. The van der Waals surface area contributed by atoms with Gasteiger partial charge in [-0.3, -0.25) is 0 Å². The summed E-state index contributed by atoms with van der Waals surface area (Å²) in [5.41, 5.74) is 5.49. The zero-order valence-corrected chi connectivity index (χ0v) is 14.1. The molecule has 6 nitrogen and oxygen atoms in total. The average molecular weight is 321 g/mol. The number of unbranched alkanes of at least 4 members (excludes halogenated alkanes) is 2. The highest BCUT2D eigenvalue weighted by molar-refractivity contribution is 7.89. The van der Waals surface area contributed by atoms with Crippen molar-refractivity contribution in [3.8, 4) is 0 Å². The van der Waals surface area contributed by atoms with Crippen molar-refractivity contribution in [3.05, 3.63) is 0 Å². The monoisotopic (exact) mass is 321 g/mol. The summed E-state index contributed by atoms with van der Waals surface area (Å²) in [4.78, 5) is 2.38. The van der Waals surface area contributed by atoms with Gasteiger partial charge in [-0.2, -0.15) is 0 Å². The summed E-state index contributed by atoms with van der Waals surface area (Å²) in [6.07, 6.45) is 4.87.